The van der Waals surface area contributed by atoms with Gasteiger partial charge in [0.25, 0.3) is 0 Å². The molecule has 5 heteroatoms. The van der Waals surface area contributed by atoms with Crippen LogP contribution in [0.2, 0.25) is 0 Å². The Morgan fingerprint density at radius 3 is 2.81 bits per heavy atom. The minimum absolute atomic E-state index is 0.247. The molecule has 3 nitrogen and oxygen atoms in total. The largest absolute Gasteiger partial charge is 0.353 e. The molecule has 1 N–H and O–H groups in total. The van der Waals surface area contributed by atoms with Crippen molar-refractivity contribution in [3.05, 3.63) is 40.4 Å². The van der Waals surface area contributed by atoms with Gasteiger partial charge in [-0.1, -0.05) is 19.3 Å². The molecule has 2 aromatic rings. The molecule has 1 aromatic heterocycles. The van der Waals surface area contributed by atoms with E-state index in [2.05, 4.69) is 26.2 Å². The molecule has 1 heterocycles. The van der Waals surface area contributed by atoms with Gasteiger partial charge >= 0.3 is 0 Å². The van der Waals surface area contributed by atoms with Gasteiger partial charge in [-0.2, -0.15) is 0 Å². The van der Waals surface area contributed by atoms with Crippen molar-refractivity contribution in [2.45, 2.75) is 45.1 Å². The van der Waals surface area contributed by atoms with Gasteiger partial charge in [-0.05, 0) is 53.9 Å². The van der Waals surface area contributed by atoms with Crippen molar-refractivity contribution >= 4 is 21.9 Å². The van der Waals surface area contributed by atoms with Crippen molar-refractivity contribution in [2.75, 3.05) is 5.32 Å². The second-order valence-electron chi connectivity index (χ2n) is 5.65. The van der Waals surface area contributed by atoms with Gasteiger partial charge in [-0.15, -0.1) is 0 Å². The summed E-state index contributed by atoms with van der Waals surface area (Å²) in [5.74, 6) is 0.550. The minimum atomic E-state index is -0.247. The number of halogens is 2. The first-order chi connectivity index (χ1) is 10.1. The molecule has 3 rings (SSSR count). The number of rotatable bonds is 3. The molecule has 1 aromatic carbocycles. The number of aromatic nitrogens is 2. The zero-order valence-corrected chi connectivity index (χ0v) is 13.7. The first-order valence-electron chi connectivity index (χ1n) is 7.41. The van der Waals surface area contributed by atoms with Crippen LogP contribution in [0, 0.1) is 12.7 Å². The fourth-order valence-electron chi connectivity index (χ4n) is 2.88. The number of benzene rings is 1. The first-order valence-corrected chi connectivity index (χ1v) is 8.21. The topological polar surface area (TPSA) is 29.9 Å². The molecule has 0 amide bonds. The van der Waals surface area contributed by atoms with Gasteiger partial charge < -0.3 is 5.32 Å². The zero-order valence-electron chi connectivity index (χ0n) is 12.1. The lowest BCUT2D eigenvalue weighted by molar-refractivity contribution is 0.460. The lowest BCUT2D eigenvalue weighted by atomic mass is 9.96. The Bertz CT molecular complexity index is 632. The average Bonchev–Trinajstić information content (AvgIpc) is 2.83. The van der Waals surface area contributed by atoms with Crippen LogP contribution in [-0.4, -0.2) is 15.6 Å². The predicted molar refractivity (Wildman–Crippen MR) is 86.5 cm³/mol. The predicted octanol–water partition coefficient (Wildman–Crippen LogP) is 4.83. The summed E-state index contributed by atoms with van der Waals surface area (Å²) in [4.78, 5) is 4.56. The van der Waals surface area contributed by atoms with Crippen LogP contribution in [0.1, 0.15) is 37.8 Å². The van der Waals surface area contributed by atoms with Crippen molar-refractivity contribution in [3.8, 4) is 5.69 Å². The normalized spacial score (nSPS) is 16.1. The van der Waals surface area contributed by atoms with E-state index in [4.69, 9.17) is 0 Å². The molecular weight excluding hydrogens is 333 g/mol. The summed E-state index contributed by atoms with van der Waals surface area (Å²) < 4.78 is 16.3. The third-order valence-electron chi connectivity index (χ3n) is 3.93. The van der Waals surface area contributed by atoms with Crippen molar-refractivity contribution in [1.82, 2.24) is 9.55 Å². The van der Waals surface area contributed by atoms with Crippen LogP contribution in [0.25, 0.3) is 5.69 Å². The molecule has 1 aliphatic carbocycles. The van der Waals surface area contributed by atoms with Crippen LogP contribution in [-0.2, 0) is 0 Å². The zero-order chi connectivity index (χ0) is 14.8. The van der Waals surface area contributed by atoms with Crippen LogP contribution >= 0.6 is 15.9 Å². The Morgan fingerprint density at radius 1 is 1.29 bits per heavy atom. The number of nitrogens with zero attached hydrogens (tertiary/aromatic N) is 2. The van der Waals surface area contributed by atoms with E-state index in [-0.39, 0.29) is 5.82 Å². The van der Waals surface area contributed by atoms with Gasteiger partial charge in [0, 0.05) is 16.7 Å². The van der Waals surface area contributed by atoms with Gasteiger partial charge in [-0.3, -0.25) is 4.57 Å². The van der Waals surface area contributed by atoms with Crippen LogP contribution < -0.4 is 5.32 Å². The molecule has 0 radical (unpaired) electrons. The summed E-state index contributed by atoms with van der Waals surface area (Å²) in [6, 6.07) is 5.17. The van der Waals surface area contributed by atoms with E-state index in [0.29, 0.717) is 6.04 Å². The second-order valence-corrected chi connectivity index (χ2v) is 6.51. The summed E-state index contributed by atoms with van der Waals surface area (Å²) in [6.07, 6.45) is 8.14. The molecule has 1 fully saturated rings. The monoisotopic (exact) mass is 351 g/mol. The summed E-state index contributed by atoms with van der Waals surface area (Å²) in [5, 5.41) is 3.52. The number of anilines is 1. The summed E-state index contributed by atoms with van der Waals surface area (Å²) >= 11 is 3.49. The number of hydrogen-bond acceptors (Lipinski definition) is 2. The van der Waals surface area contributed by atoms with Crippen LogP contribution in [0.4, 0.5) is 10.3 Å². The molecule has 112 valence electrons. The molecule has 21 heavy (non-hydrogen) atoms. The molecule has 0 unspecified atom stereocenters. The van der Waals surface area contributed by atoms with Gasteiger partial charge in [0.2, 0.25) is 5.95 Å². The van der Waals surface area contributed by atoms with Crippen molar-refractivity contribution in [1.29, 1.82) is 0 Å². The highest BCUT2D eigenvalue weighted by molar-refractivity contribution is 9.10. The van der Waals surface area contributed by atoms with E-state index >= 15 is 0 Å². The average molecular weight is 352 g/mol. The number of imidazole rings is 1. The third kappa shape index (κ3) is 3.28. The molecule has 1 saturated carbocycles. The van der Waals surface area contributed by atoms with Crippen molar-refractivity contribution in [2.24, 2.45) is 0 Å². The lowest BCUT2D eigenvalue weighted by Gasteiger charge is -2.23. The third-order valence-corrected chi connectivity index (χ3v) is 4.60. The maximum atomic E-state index is 13.6. The molecule has 0 aliphatic heterocycles. The number of nitrogens with one attached hydrogen (secondary N) is 1. The molecule has 0 bridgehead atoms. The van der Waals surface area contributed by atoms with Crippen molar-refractivity contribution in [3.63, 3.8) is 0 Å². The highest BCUT2D eigenvalue weighted by atomic mass is 79.9. The number of hydrogen-bond donors (Lipinski definition) is 1. The Labute approximate surface area is 132 Å². The van der Waals surface area contributed by atoms with E-state index in [0.717, 1.165) is 21.8 Å². The standard InChI is InChI=1S/C16H19BrFN3/c1-11-10-21(15-9-12(18)7-8-14(15)17)16(19-11)20-13-5-3-2-4-6-13/h7-10,13H,2-6H2,1H3,(H,19,20). The van der Waals surface area contributed by atoms with E-state index in [9.17, 15) is 4.39 Å². The first kappa shape index (κ1) is 14.6. The Balaban J connectivity index is 1.93. The Morgan fingerprint density at radius 2 is 2.05 bits per heavy atom. The van der Waals surface area contributed by atoms with Crippen LogP contribution in [0.5, 0.6) is 0 Å². The summed E-state index contributed by atoms with van der Waals surface area (Å²) in [7, 11) is 0. The van der Waals surface area contributed by atoms with Gasteiger partial charge in [-0.25, -0.2) is 9.37 Å². The maximum Gasteiger partial charge on any atom is 0.207 e. The molecule has 0 spiro atoms. The molecular formula is C16H19BrFN3. The second kappa shape index (κ2) is 6.18. The maximum absolute atomic E-state index is 13.6. The number of aryl methyl sites for hydroxylation is 1. The SMILES string of the molecule is Cc1cn(-c2cc(F)ccc2Br)c(NC2CCCCC2)n1. The minimum Gasteiger partial charge on any atom is -0.353 e. The van der Waals surface area contributed by atoms with E-state index in [1.807, 2.05) is 17.7 Å². The quantitative estimate of drug-likeness (QED) is 0.858. The molecule has 0 saturated heterocycles. The fourth-order valence-corrected chi connectivity index (χ4v) is 3.32. The Kier molecular flexibility index (Phi) is 4.29. The smallest absolute Gasteiger partial charge is 0.207 e. The van der Waals surface area contributed by atoms with E-state index in [1.54, 1.807) is 6.07 Å². The highest BCUT2D eigenvalue weighted by Gasteiger charge is 2.17. The van der Waals surface area contributed by atoms with Gasteiger partial charge in [0.1, 0.15) is 5.82 Å². The van der Waals surface area contributed by atoms with E-state index in [1.165, 1.54) is 44.2 Å². The highest BCUT2D eigenvalue weighted by Crippen LogP contribution is 2.27. The van der Waals surface area contributed by atoms with Crippen LogP contribution in [0.3, 0.4) is 0 Å². The lowest BCUT2D eigenvalue weighted by Crippen LogP contribution is -2.24. The fraction of sp³-hybridized carbons (Fsp3) is 0.438. The Hall–Kier alpha value is -1.36. The molecule has 1 aliphatic rings. The van der Waals surface area contributed by atoms with Gasteiger partial charge in [0.05, 0.1) is 11.4 Å². The van der Waals surface area contributed by atoms with Crippen LogP contribution in [0.15, 0.2) is 28.9 Å². The molecule has 0 atom stereocenters. The van der Waals surface area contributed by atoms with Gasteiger partial charge in [0.15, 0.2) is 0 Å². The summed E-state index contributed by atoms with van der Waals surface area (Å²) in [5.41, 5.74) is 1.69. The summed E-state index contributed by atoms with van der Waals surface area (Å²) in [6.45, 7) is 1.95. The van der Waals surface area contributed by atoms with Crippen molar-refractivity contribution < 1.29 is 4.39 Å². The van der Waals surface area contributed by atoms with E-state index < -0.39 is 0 Å².